The highest BCUT2D eigenvalue weighted by Gasteiger charge is 2.16. The van der Waals surface area contributed by atoms with Crippen LogP contribution in [0.5, 0.6) is 0 Å². The normalized spacial score (nSPS) is 11.4. The Kier molecular flexibility index (Phi) is 11.7. The summed E-state index contributed by atoms with van der Waals surface area (Å²) in [4.78, 5) is 15.3. The average Bonchev–Trinajstić information content (AvgIpc) is 2.73. The van der Waals surface area contributed by atoms with Gasteiger partial charge in [0.1, 0.15) is 0 Å². The number of rotatable bonds is 10. The smallest absolute Gasteiger partial charge is 0.270 e. The van der Waals surface area contributed by atoms with Crippen molar-refractivity contribution in [1.82, 2.24) is 15.4 Å². The molecule has 12 heteroatoms. The second kappa shape index (κ2) is 13.4. The average molecular weight is 565 g/mol. The Hall–Kier alpha value is -1.90. The first-order chi connectivity index (χ1) is 13.9. The van der Waals surface area contributed by atoms with E-state index in [1.165, 1.54) is 23.1 Å². The number of guanidine groups is 1. The molecule has 2 aromatic rings. The summed E-state index contributed by atoms with van der Waals surface area (Å²) in [6, 6.07) is 15.0. The lowest BCUT2D eigenvalue weighted by Crippen LogP contribution is -2.42. The van der Waals surface area contributed by atoms with Gasteiger partial charge in [-0.05, 0) is 18.2 Å². The third-order valence-corrected chi connectivity index (χ3v) is 6.15. The number of nitro benzene ring substituents is 1. The minimum Gasteiger partial charge on any atom is -0.356 e. The second-order valence-corrected chi connectivity index (χ2v) is 8.67. The highest BCUT2D eigenvalue weighted by atomic mass is 127. The standard InChI is InChI=1S/C18H23N5O4S2.HI/c1-19-18(21-12-13-28-16-7-3-2-4-8-16)20-10-11-22-29(26,27)17-9-5-6-15(14-17)23(24)25;/h2-9,14,22H,10-13H2,1H3,(H2,19,20,21);1H. The van der Waals surface area contributed by atoms with E-state index >= 15 is 0 Å². The first-order valence-electron chi connectivity index (χ1n) is 8.79. The van der Waals surface area contributed by atoms with Crippen molar-refractivity contribution in [3.63, 3.8) is 0 Å². The summed E-state index contributed by atoms with van der Waals surface area (Å²) in [5, 5.41) is 17.0. The van der Waals surface area contributed by atoms with Gasteiger partial charge in [0.05, 0.1) is 9.82 Å². The molecular formula is C18H24IN5O4S2. The number of halogens is 1. The van der Waals surface area contributed by atoms with Crippen molar-refractivity contribution in [2.24, 2.45) is 4.99 Å². The number of thioether (sulfide) groups is 1. The number of nitrogens with zero attached hydrogens (tertiary/aromatic N) is 2. The maximum absolute atomic E-state index is 12.3. The fourth-order valence-electron chi connectivity index (χ4n) is 2.29. The summed E-state index contributed by atoms with van der Waals surface area (Å²) in [6.45, 7) is 1.10. The first kappa shape index (κ1) is 26.1. The largest absolute Gasteiger partial charge is 0.356 e. The molecule has 0 amide bonds. The van der Waals surface area contributed by atoms with Crippen LogP contribution in [0.15, 0.2) is 69.4 Å². The number of nitrogens with one attached hydrogen (secondary N) is 3. The molecule has 0 aromatic heterocycles. The van der Waals surface area contributed by atoms with Crippen LogP contribution in [0.2, 0.25) is 0 Å². The number of sulfonamides is 1. The van der Waals surface area contributed by atoms with Gasteiger partial charge < -0.3 is 10.6 Å². The molecule has 2 aromatic carbocycles. The Labute approximate surface area is 197 Å². The SMILES string of the molecule is CN=C(NCCNS(=O)(=O)c1cccc([N+](=O)[O-])c1)NCCSc1ccccc1.I. The highest BCUT2D eigenvalue weighted by molar-refractivity contribution is 14.0. The van der Waals surface area contributed by atoms with Crippen molar-refractivity contribution in [1.29, 1.82) is 0 Å². The highest BCUT2D eigenvalue weighted by Crippen LogP contribution is 2.17. The van der Waals surface area contributed by atoms with Gasteiger partial charge in [-0.1, -0.05) is 24.3 Å². The molecule has 2 rings (SSSR count). The fourth-order valence-corrected chi connectivity index (χ4v) is 4.15. The van der Waals surface area contributed by atoms with E-state index in [1.807, 2.05) is 30.3 Å². The lowest BCUT2D eigenvalue weighted by molar-refractivity contribution is -0.385. The molecule has 0 fully saturated rings. The van der Waals surface area contributed by atoms with Crippen LogP contribution in [0.1, 0.15) is 0 Å². The van der Waals surface area contributed by atoms with Crippen LogP contribution in [0.3, 0.4) is 0 Å². The minimum absolute atomic E-state index is 0. The second-order valence-electron chi connectivity index (χ2n) is 5.74. The van der Waals surface area contributed by atoms with E-state index in [1.54, 1.807) is 18.8 Å². The van der Waals surface area contributed by atoms with Gasteiger partial charge in [-0.25, -0.2) is 13.1 Å². The van der Waals surface area contributed by atoms with Crippen LogP contribution >= 0.6 is 35.7 Å². The molecule has 0 atom stereocenters. The van der Waals surface area contributed by atoms with Crippen LogP contribution in [-0.4, -0.2) is 51.7 Å². The maximum atomic E-state index is 12.3. The predicted molar refractivity (Wildman–Crippen MR) is 130 cm³/mol. The minimum atomic E-state index is -3.83. The summed E-state index contributed by atoms with van der Waals surface area (Å²) >= 11 is 1.72. The van der Waals surface area contributed by atoms with E-state index in [-0.39, 0.29) is 41.1 Å². The predicted octanol–water partition coefficient (Wildman–Crippen LogP) is 2.45. The molecule has 0 spiro atoms. The van der Waals surface area contributed by atoms with Gasteiger partial charge in [0.2, 0.25) is 10.0 Å². The molecule has 0 saturated heterocycles. The molecule has 9 nitrogen and oxygen atoms in total. The molecule has 0 aliphatic carbocycles. The van der Waals surface area contributed by atoms with E-state index in [9.17, 15) is 18.5 Å². The number of hydrogen-bond donors (Lipinski definition) is 3. The summed E-state index contributed by atoms with van der Waals surface area (Å²) in [5.74, 6) is 1.41. The number of non-ortho nitro benzene ring substituents is 1. The Morgan fingerprint density at radius 2 is 1.77 bits per heavy atom. The molecule has 0 heterocycles. The molecule has 0 aliphatic heterocycles. The summed E-state index contributed by atoms with van der Waals surface area (Å²) in [7, 11) is -2.20. The molecule has 0 aliphatic rings. The Balaban J connectivity index is 0.00000450. The van der Waals surface area contributed by atoms with Gasteiger partial charge in [-0.3, -0.25) is 15.1 Å². The molecule has 0 radical (unpaired) electrons. The lowest BCUT2D eigenvalue weighted by Gasteiger charge is -2.12. The molecule has 0 unspecified atom stereocenters. The Morgan fingerprint density at radius 1 is 1.07 bits per heavy atom. The first-order valence-corrected chi connectivity index (χ1v) is 11.3. The third-order valence-electron chi connectivity index (χ3n) is 3.68. The zero-order valence-electron chi connectivity index (χ0n) is 16.3. The van der Waals surface area contributed by atoms with Crippen molar-refractivity contribution >= 4 is 57.4 Å². The number of hydrogen-bond acceptors (Lipinski definition) is 6. The molecule has 164 valence electrons. The molecule has 3 N–H and O–H groups in total. The van der Waals surface area contributed by atoms with Gasteiger partial charge in [-0.2, -0.15) is 0 Å². The Bertz CT molecular complexity index is 943. The monoisotopic (exact) mass is 565 g/mol. The van der Waals surface area contributed by atoms with Gasteiger partial charge in [-0.15, -0.1) is 35.7 Å². The van der Waals surface area contributed by atoms with Gasteiger partial charge in [0.15, 0.2) is 5.96 Å². The van der Waals surface area contributed by atoms with Crippen LogP contribution in [0.4, 0.5) is 5.69 Å². The topological polar surface area (TPSA) is 126 Å². The zero-order chi connectivity index (χ0) is 21.1. The van der Waals surface area contributed by atoms with Crippen molar-refractivity contribution in [3.05, 3.63) is 64.7 Å². The van der Waals surface area contributed by atoms with E-state index in [0.29, 0.717) is 19.0 Å². The molecular weight excluding hydrogens is 541 g/mol. The van der Waals surface area contributed by atoms with Crippen molar-refractivity contribution in [3.8, 4) is 0 Å². The summed E-state index contributed by atoms with van der Waals surface area (Å²) in [6.07, 6.45) is 0. The van der Waals surface area contributed by atoms with Gasteiger partial charge in [0, 0.05) is 49.5 Å². The molecule has 0 saturated carbocycles. The zero-order valence-corrected chi connectivity index (χ0v) is 20.2. The maximum Gasteiger partial charge on any atom is 0.270 e. The summed E-state index contributed by atoms with van der Waals surface area (Å²) in [5.41, 5.74) is -0.274. The van der Waals surface area contributed by atoms with Crippen LogP contribution < -0.4 is 15.4 Å². The Morgan fingerprint density at radius 3 is 2.43 bits per heavy atom. The van der Waals surface area contributed by atoms with Crippen molar-refractivity contribution < 1.29 is 13.3 Å². The molecule has 0 bridgehead atoms. The van der Waals surface area contributed by atoms with E-state index < -0.39 is 14.9 Å². The van der Waals surface area contributed by atoms with Crippen LogP contribution in [-0.2, 0) is 10.0 Å². The van der Waals surface area contributed by atoms with E-state index in [2.05, 4.69) is 20.3 Å². The van der Waals surface area contributed by atoms with Gasteiger partial charge >= 0.3 is 0 Å². The number of benzene rings is 2. The lowest BCUT2D eigenvalue weighted by atomic mass is 10.3. The van der Waals surface area contributed by atoms with E-state index in [0.717, 1.165) is 11.8 Å². The third kappa shape index (κ3) is 8.85. The fraction of sp³-hybridized carbons (Fsp3) is 0.278. The van der Waals surface area contributed by atoms with Crippen molar-refractivity contribution in [2.75, 3.05) is 32.4 Å². The quantitative estimate of drug-likeness (QED) is 0.0769. The van der Waals surface area contributed by atoms with Gasteiger partial charge in [0.25, 0.3) is 5.69 Å². The van der Waals surface area contributed by atoms with Crippen LogP contribution in [0.25, 0.3) is 0 Å². The van der Waals surface area contributed by atoms with E-state index in [4.69, 9.17) is 0 Å². The summed E-state index contributed by atoms with van der Waals surface area (Å²) < 4.78 is 26.9. The van der Waals surface area contributed by atoms with Crippen molar-refractivity contribution in [2.45, 2.75) is 9.79 Å². The number of aliphatic imine (C=N–C) groups is 1. The van der Waals surface area contributed by atoms with Crippen LogP contribution in [0, 0.1) is 10.1 Å². The molecule has 30 heavy (non-hydrogen) atoms. The number of nitro groups is 1.